The molecule has 1 aromatic rings. The van der Waals surface area contributed by atoms with Gasteiger partial charge in [-0.25, -0.2) is 9.97 Å². The highest BCUT2D eigenvalue weighted by atomic mass is 19.1. The molecule has 0 unspecified atom stereocenters. The largest absolute Gasteiger partial charge is 0.350 e. The highest BCUT2D eigenvalue weighted by Gasteiger charge is 2.11. The highest BCUT2D eigenvalue weighted by Crippen LogP contribution is 2.01. The summed E-state index contributed by atoms with van der Waals surface area (Å²) in [6.45, 7) is 0. The number of halogens is 2. The topological polar surface area (TPSA) is 59.9 Å². The Morgan fingerprint density at radius 3 is 1.83 bits per heavy atom. The van der Waals surface area contributed by atoms with Crippen LogP contribution in [-0.2, 0) is 0 Å². The first kappa shape index (κ1) is 8.38. The number of hydrogen-bond donors (Lipinski definition) is 0. The Morgan fingerprint density at radius 2 is 1.50 bits per heavy atom. The molecule has 12 heavy (non-hydrogen) atoms. The molecule has 1 rings (SSSR count). The summed E-state index contributed by atoms with van der Waals surface area (Å²) in [5.74, 6) is 0. The quantitative estimate of drug-likeness (QED) is 0.616. The van der Waals surface area contributed by atoms with Crippen LogP contribution in [0, 0.1) is 0 Å². The summed E-state index contributed by atoms with van der Waals surface area (Å²) < 4.78 is 23.8. The molecule has 0 aromatic carbocycles. The van der Waals surface area contributed by atoms with Crippen molar-refractivity contribution in [1.82, 2.24) is 9.97 Å². The average Bonchev–Trinajstić information content (AvgIpc) is 2.04. The SMILES string of the molecule is O=C(F)c1cc(C(=O)F)ncn1. The van der Waals surface area contributed by atoms with Crippen molar-refractivity contribution in [2.24, 2.45) is 0 Å². The van der Waals surface area contributed by atoms with Crippen LogP contribution in [0.5, 0.6) is 0 Å². The van der Waals surface area contributed by atoms with E-state index in [0.717, 1.165) is 6.33 Å². The maximum atomic E-state index is 11.9. The number of aromatic nitrogens is 2. The standard InChI is InChI=1S/C6H2F2N2O2/c7-5(11)3-1-4(6(8)12)10-2-9-3/h1-2H. The van der Waals surface area contributed by atoms with Gasteiger partial charge in [-0.1, -0.05) is 0 Å². The second kappa shape index (κ2) is 3.12. The van der Waals surface area contributed by atoms with Crippen molar-refractivity contribution in [2.75, 3.05) is 0 Å². The van der Waals surface area contributed by atoms with Crippen LogP contribution in [0.3, 0.4) is 0 Å². The van der Waals surface area contributed by atoms with Crippen LogP contribution in [-0.4, -0.2) is 22.0 Å². The highest BCUT2D eigenvalue weighted by molar-refractivity contribution is 5.91. The summed E-state index contributed by atoms with van der Waals surface area (Å²) in [7, 11) is 0. The fraction of sp³-hybridized carbons (Fsp3) is 0. The first-order valence-electron chi connectivity index (χ1n) is 2.83. The maximum absolute atomic E-state index is 11.9. The fourth-order valence-electron chi connectivity index (χ4n) is 0.572. The Kier molecular flexibility index (Phi) is 2.18. The van der Waals surface area contributed by atoms with Crippen LogP contribution >= 0.6 is 0 Å². The molecule has 0 aliphatic rings. The number of carbonyl (C=O) groups excluding carboxylic acids is 2. The zero-order valence-corrected chi connectivity index (χ0v) is 5.62. The molecule has 6 heteroatoms. The molecule has 0 aliphatic heterocycles. The van der Waals surface area contributed by atoms with E-state index in [2.05, 4.69) is 9.97 Å². The van der Waals surface area contributed by atoms with E-state index < -0.39 is 23.5 Å². The van der Waals surface area contributed by atoms with Gasteiger partial charge in [0.1, 0.15) is 17.7 Å². The molecule has 0 amide bonds. The predicted molar refractivity (Wildman–Crippen MR) is 32.9 cm³/mol. The number of rotatable bonds is 2. The van der Waals surface area contributed by atoms with Crippen molar-refractivity contribution < 1.29 is 18.4 Å². The molecule has 1 aromatic heterocycles. The third kappa shape index (κ3) is 1.66. The molecule has 0 bridgehead atoms. The molecule has 0 saturated heterocycles. The Hall–Kier alpha value is -1.72. The summed E-state index contributed by atoms with van der Waals surface area (Å²) in [5, 5.41) is 0. The fourth-order valence-corrected chi connectivity index (χ4v) is 0.572. The van der Waals surface area contributed by atoms with Crippen LogP contribution in [0.25, 0.3) is 0 Å². The molecule has 0 N–H and O–H groups in total. The van der Waals surface area contributed by atoms with Gasteiger partial charge in [0.05, 0.1) is 0 Å². The monoisotopic (exact) mass is 172 g/mol. The second-order valence-corrected chi connectivity index (χ2v) is 1.84. The van der Waals surface area contributed by atoms with Gasteiger partial charge in [0.2, 0.25) is 0 Å². The van der Waals surface area contributed by atoms with E-state index in [9.17, 15) is 18.4 Å². The van der Waals surface area contributed by atoms with Gasteiger partial charge < -0.3 is 0 Å². The normalized spacial score (nSPS) is 9.50. The third-order valence-corrected chi connectivity index (χ3v) is 1.07. The Labute approximate surface area is 65.3 Å². The van der Waals surface area contributed by atoms with E-state index in [4.69, 9.17) is 0 Å². The van der Waals surface area contributed by atoms with Crippen LogP contribution in [0.4, 0.5) is 8.78 Å². The molecule has 0 radical (unpaired) electrons. The zero-order valence-electron chi connectivity index (χ0n) is 5.62. The van der Waals surface area contributed by atoms with Crippen molar-refractivity contribution in [1.29, 1.82) is 0 Å². The number of carbonyl (C=O) groups is 2. The van der Waals surface area contributed by atoms with Crippen molar-refractivity contribution in [3.8, 4) is 0 Å². The van der Waals surface area contributed by atoms with Gasteiger partial charge in [0, 0.05) is 6.07 Å². The number of nitrogens with zero attached hydrogens (tertiary/aromatic N) is 2. The Morgan fingerprint density at radius 1 is 1.08 bits per heavy atom. The minimum Gasteiger partial charge on any atom is -0.254 e. The van der Waals surface area contributed by atoms with Crippen molar-refractivity contribution in [3.63, 3.8) is 0 Å². The van der Waals surface area contributed by atoms with Gasteiger partial charge in [-0.05, 0) is 0 Å². The Balaban J connectivity index is 3.12. The Bertz CT molecular complexity index is 311. The van der Waals surface area contributed by atoms with Crippen LogP contribution < -0.4 is 0 Å². The molecule has 62 valence electrons. The summed E-state index contributed by atoms with van der Waals surface area (Å²) in [4.78, 5) is 26.4. The van der Waals surface area contributed by atoms with Crippen molar-refractivity contribution >= 4 is 12.1 Å². The minimum absolute atomic E-state index is 0.633. The lowest BCUT2D eigenvalue weighted by molar-refractivity contribution is 0.0829. The molecule has 0 atom stereocenters. The first-order valence-corrected chi connectivity index (χ1v) is 2.83. The second-order valence-electron chi connectivity index (χ2n) is 1.84. The molecular formula is C6H2F2N2O2. The molecule has 1 heterocycles. The van der Waals surface area contributed by atoms with Gasteiger partial charge in [0.25, 0.3) is 0 Å². The van der Waals surface area contributed by atoms with E-state index in [1.165, 1.54) is 0 Å². The summed E-state index contributed by atoms with van der Waals surface area (Å²) in [5.41, 5.74) is -1.27. The number of hydrogen-bond acceptors (Lipinski definition) is 4. The van der Waals surface area contributed by atoms with Gasteiger partial charge in [-0.3, -0.25) is 9.59 Å². The average molecular weight is 172 g/mol. The van der Waals surface area contributed by atoms with E-state index in [-0.39, 0.29) is 0 Å². The van der Waals surface area contributed by atoms with E-state index in [1.807, 2.05) is 0 Å². The van der Waals surface area contributed by atoms with E-state index in [1.54, 1.807) is 0 Å². The van der Waals surface area contributed by atoms with Gasteiger partial charge in [-0.15, -0.1) is 0 Å². The van der Waals surface area contributed by atoms with E-state index >= 15 is 0 Å². The van der Waals surface area contributed by atoms with Gasteiger partial charge in [-0.2, -0.15) is 8.78 Å². The molecular weight excluding hydrogens is 170 g/mol. The molecule has 0 spiro atoms. The zero-order chi connectivity index (χ0) is 9.14. The van der Waals surface area contributed by atoms with Crippen LogP contribution in [0.1, 0.15) is 21.0 Å². The predicted octanol–water partition coefficient (Wildman–Crippen LogP) is 0.696. The van der Waals surface area contributed by atoms with Gasteiger partial charge in [0.15, 0.2) is 0 Å². The summed E-state index contributed by atoms with van der Waals surface area (Å²) in [6.07, 6.45) is 0.736. The first-order chi connectivity index (χ1) is 5.61. The van der Waals surface area contributed by atoms with Gasteiger partial charge >= 0.3 is 12.1 Å². The third-order valence-electron chi connectivity index (χ3n) is 1.07. The smallest absolute Gasteiger partial charge is 0.254 e. The maximum Gasteiger partial charge on any atom is 0.350 e. The molecule has 0 aliphatic carbocycles. The van der Waals surface area contributed by atoms with E-state index in [0.29, 0.717) is 6.07 Å². The minimum atomic E-state index is -1.83. The van der Waals surface area contributed by atoms with Crippen molar-refractivity contribution in [2.45, 2.75) is 0 Å². The van der Waals surface area contributed by atoms with Crippen LogP contribution in [0.2, 0.25) is 0 Å². The van der Waals surface area contributed by atoms with Crippen LogP contribution in [0.15, 0.2) is 12.4 Å². The molecule has 0 saturated carbocycles. The lowest BCUT2D eigenvalue weighted by Crippen LogP contribution is -2.01. The summed E-state index contributed by atoms with van der Waals surface area (Å²) >= 11 is 0. The van der Waals surface area contributed by atoms with Crippen molar-refractivity contribution in [3.05, 3.63) is 23.8 Å². The summed E-state index contributed by atoms with van der Waals surface area (Å²) in [6, 6.07) is -3.02. The molecule has 0 fully saturated rings. The lowest BCUT2D eigenvalue weighted by atomic mass is 10.3. The lowest BCUT2D eigenvalue weighted by Gasteiger charge is -1.91. The molecule has 4 nitrogen and oxygen atoms in total.